The quantitative estimate of drug-likeness (QED) is 0.204. The molecule has 0 radical (unpaired) electrons. The first-order chi connectivity index (χ1) is 23.1. The maximum absolute atomic E-state index is 6.29. The lowest BCUT2D eigenvalue weighted by Gasteiger charge is -2.31. The van der Waals surface area contributed by atoms with E-state index in [2.05, 4.69) is 124 Å². The summed E-state index contributed by atoms with van der Waals surface area (Å²) in [6.45, 7) is 13.9. The molecule has 0 bridgehead atoms. The number of fused-ring (bicyclic) bond motifs is 1. The van der Waals surface area contributed by atoms with Crippen molar-refractivity contribution in [3.05, 3.63) is 138 Å². The smallest absolute Gasteiger partial charge is 0.126 e. The molecule has 2 aromatic carbocycles. The van der Waals surface area contributed by atoms with Crippen LogP contribution < -0.4 is 26.2 Å². The summed E-state index contributed by atoms with van der Waals surface area (Å²) in [4.78, 5) is 7.89. The van der Waals surface area contributed by atoms with Gasteiger partial charge < -0.3 is 31.2 Å². The van der Waals surface area contributed by atoms with Crippen LogP contribution in [0.4, 0.5) is 28.4 Å². The number of nitrogens with zero attached hydrogens (tertiary/aromatic N) is 2. The summed E-state index contributed by atoms with van der Waals surface area (Å²) in [5.74, 6) is 0. The van der Waals surface area contributed by atoms with Gasteiger partial charge in [-0.05, 0) is 105 Å². The number of allylic oxidation sites excluding steroid dienone is 8. The van der Waals surface area contributed by atoms with Gasteiger partial charge in [-0.1, -0.05) is 81.9 Å². The van der Waals surface area contributed by atoms with Gasteiger partial charge in [0.15, 0.2) is 0 Å². The van der Waals surface area contributed by atoms with Crippen LogP contribution in [-0.2, 0) is 0 Å². The second-order valence-electron chi connectivity index (χ2n) is 11.6. The molecule has 2 aliphatic carbocycles. The maximum atomic E-state index is 6.29. The highest BCUT2D eigenvalue weighted by molar-refractivity contribution is 5.84. The van der Waals surface area contributed by atoms with Crippen molar-refractivity contribution in [1.82, 2.24) is 10.3 Å². The Morgan fingerprint density at radius 2 is 1.60 bits per heavy atom. The van der Waals surface area contributed by atoms with Crippen LogP contribution in [0, 0.1) is 13.8 Å². The number of aromatic nitrogens is 1. The van der Waals surface area contributed by atoms with Gasteiger partial charge in [-0.15, -0.1) is 0 Å². The monoisotopic (exact) mass is 630 g/mol. The van der Waals surface area contributed by atoms with Crippen LogP contribution in [0.15, 0.2) is 127 Å². The lowest BCUT2D eigenvalue weighted by molar-refractivity contribution is 0.790. The van der Waals surface area contributed by atoms with E-state index >= 15 is 0 Å². The zero-order chi connectivity index (χ0) is 33.6. The van der Waals surface area contributed by atoms with Crippen molar-refractivity contribution in [3.8, 4) is 0 Å². The molecule has 248 valence electrons. The predicted molar refractivity (Wildman–Crippen MR) is 205 cm³/mol. The fourth-order valence-corrected chi connectivity index (χ4v) is 6.06. The maximum Gasteiger partial charge on any atom is 0.126 e. The molecule has 1 unspecified atom stereocenters. The standard InChI is InChI=1S/C19H23N3.C18H19N3.2C2H6/c1-15-9-10-19(18(20)12-15)22(17-8-5-11-21-13-17)14-16-6-3-2-4-7-16;1-13-7-8-16-17(11-13)21(15-9-10-19-12-15)18(20-16)14-5-3-2-4-6-14;2*1-2/h2-3,5-6,8-12,21H,4,7,13-14,20H2,1H3;2-3,5,7-12,18-20H,4,6H2,1H3;2*1-2H3. The number of aromatic amines is 1. The van der Waals surface area contributed by atoms with Crippen molar-refractivity contribution in [2.24, 2.45) is 0 Å². The van der Waals surface area contributed by atoms with Crippen LogP contribution in [0.3, 0.4) is 0 Å². The third-order valence-electron chi connectivity index (χ3n) is 8.29. The summed E-state index contributed by atoms with van der Waals surface area (Å²) in [6.07, 6.45) is 28.2. The van der Waals surface area contributed by atoms with Crippen molar-refractivity contribution in [2.75, 3.05) is 33.9 Å². The van der Waals surface area contributed by atoms with Crippen LogP contribution in [0.5, 0.6) is 0 Å². The minimum Gasteiger partial charge on any atom is -0.397 e. The van der Waals surface area contributed by atoms with E-state index in [-0.39, 0.29) is 6.17 Å². The molecule has 47 heavy (non-hydrogen) atoms. The highest BCUT2D eigenvalue weighted by atomic mass is 15.3. The molecule has 0 spiro atoms. The number of anilines is 5. The molecule has 0 saturated heterocycles. The number of dihydropyridines is 1. The van der Waals surface area contributed by atoms with Crippen molar-refractivity contribution in [1.29, 1.82) is 0 Å². The van der Waals surface area contributed by atoms with Crippen LogP contribution in [0.1, 0.15) is 64.5 Å². The Kier molecular flexibility index (Phi) is 13.2. The SMILES string of the molecule is CC.CC.Cc1ccc(N(CC2=CC=CCC2)C2=CC=CNC2)c(N)c1.Cc1ccc2c(c1)N(c1cc[nH]c1)C(C1=CC=CCC1)N2. The van der Waals surface area contributed by atoms with E-state index in [1.54, 1.807) is 0 Å². The van der Waals surface area contributed by atoms with E-state index in [0.717, 1.165) is 50.1 Å². The van der Waals surface area contributed by atoms with Gasteiger partial charge in [0.05, 0.1) is 35.0 Å². The van der Waals surface area contributed by atoms with Gasteiger partial charge in [0.2, 0.25) is 0 Å². The number of hydrogen-bond acceptors (Lipinski definition) is 5. The number of H-pyrrole nitrogens is 1. The highest BCUT2D eigenvalue weighted by Crippen LogP contribution is 2.43. The van der Waals surface area contributed by atoms with E-state index in [4.69, 9.17) is 5.73 Å². The average Bonchev–Trinajstić information content (AvgIpc) is 3.79. The van der Waals surface area contributed by atoms with Crippen molar-refractivity contribution in [3.63, 3.8) is 0 Å². The molecule has 6 nitrogen and oxygen atoms in total. The molecule has 6 heteroatoms. The summed E-state index contributed by atoms with van der Waals surface area (Å²) in [6, 6.07) is 15.0. The number of nitrogens with one attached hydrogen (secondary N) is 3. The van der Waals surface area contributed by atoms with Gasteiger partial charge in [0, 0.05) is 24.6 Å². The van der Waals surface area contributed by atoms with Gasteiger partial charge in [0.1, 0.15) is 6.17 Å². The molecule has 0 fully saturated rings. The zero-order valence-corrected chi connectivity index (χ0v) is 29.2. The first-order valence-corrected chi connectivity index (χ1v) is 17.3. The molecule has 2 aliphatic heterocycles. The molecule has 3 aromatic rings. The number of benzene rings is 2. The summed E-state index contributed by atoms with van der Waals surface area (Å²) >= 11 is 0. The van der Waals surface area contributed by atoms with Gasteiger partial charge >= 0.3 is 0 Å². The van der Waals surface area contributed by atoms with Crippen LogP contribution in [0.2, 0.25) is 0 Å². The largest absolute Gasteiger partial charge is 0.397 e. The molecule has 3 heterocycles. The molecule has 1 aromatic heterocycles. The van der Waals surface area contributed by atoms with Crippen molar-refractivity contribution < 1.29 is 0 Å². The second-order valence-corrected chi connectivity index (χ2v) is 11.6. The summed E-state index contributed by atoms with van der Waals surface area (Å²) in [7, 11) is 0. The lowest BCUT2D eigenvalue weighted by Crippen LogP contribution is -2.33. The minimum atomic E-state index is 0.211. The number of aryl methyl sites for hydroxylation is 2. The third-order valence-corrected chi connectivity index (χ3v) is 8.29. The van der Waals surface area contributed by atoms with E-state index in [9.17, 15) is 0 Å². The Morgan fingerprint density at radius 3 is 2.23 bits per heavy atom. The Hall–Kier alpha value is -4.84. The van der Waals surface area contributed by atoms with Crippen LogP contribution in [0.25, 0.3) is 0 Å². The number of nitrogen functional groups attached to an aromatic ring is 1. The number of rotatable bonds is 6. The summed E-state index contributed by atoms with van der Waals surface area (Å²) in [5.41, 5.74) is 18.5. The fraction of sp³-hybridized carbons (Fsp3) is 0.317. The fourth-order valence-electron chi connectivity index (χ4n) is 6.06. The Morgan fingerprint density at radius 1 is 0.851 bits per heavy atom. The second kappa shape index (κ2) is 17.7. The summed E-state index contributed by atoms with van der Waals surface area (Å²) < 4.78 is 0. The van der Waals surface area contributed by atoms with Gasteiger partial charge in [-0.25, -0.2) is 0 Å². The van der Waals surface area contributed by atoms with Crippen molar-refractivity contribution >= 4 is 28.4 Å². The number of nitrogens with two attached hydrogens (primary N) is 1. The minimum absolute atomic E-state index is 0.211. The third kappa shape index (κ3) is 8.91. The molecule has 7 rings (SSSR count). The predicted octanol–water partition coefficient (Wildman–Crippen LogP) is 10.2. The molecule has 1 atom stereocenters. The number of hydrogen-bond donors (Lipinski definition) is 4. The lowest BCUT2D eigenvalue weighted by atomic mass is 10.0. The zero-order valence-electron chi connectivity index (χ0n) is 29.2. The molecule has 0 amide bonds. The van der Waals surface area contributed by atoms with E-state index in [1.165, 1.54) is 45.0 Å². The van der Waals surface area contributed by atoms with E-state index < -0.39 is 0 Å². The normalized spacial score (nSPS) is 17.1. The summed E-state index contributed by atoms with van der Waals surface area (Å²) in [5, 5.41) is 6.97. The highest BCUT2D eigenvalue weighted by Gasteiger charge is 2.32. The van der Waals surface area contributed by atoms with Gasteiger partial charge in [-0.2, -0.15) is 0 Å². The first kappa shape index (κ1) is 35.0. The Labute approximate surface area is 283 Å². The average molecular weight is 631 g/mol. The van der Waals surface area contributed by atoms with Crippen LogP contribution >= 0.6 is 0 Å². The van der Waals surface area contributed by atoms with Gasteiger partial charge in [-0.3, -0.25) is 0 Å². The molecule has 0 saturated carbocycles. The molecule has 5 N–H and O–H groups in total. The molecule has 4 aliphatic rings. The van der Waals surface area contributed by atoms with Crippen LogP contribution in [-0.4, -0.2) is 24.2 Å². The molecular weight excluding hydrogens is 576 g/mol. The topological polar surface area (TPSA) is 72.3 Å². The van der Waals surface area contributed by atoms with E-state index in [1.807, 2.05) is 52.2 Å². The Balaban J connectivity index is 0.000000193. The van der Waals surface area contributed by atoms with E-state index in [0.29, 0.717) is 0 Å². The van der Waals surface area contributed by atoms with Crippen molar-refractivity contribution in [2.45, 2.75) is 73.4 Å². The Bertz CT molecular complexity index is 1620. The molecular formula is C41H54N6. The van der Waals surface area contributed by atoms with Gasteiger partial charge in [0.25, 0.3) is 0 Å². The first-order valence-electron chi connectivity index (χ1n) is 17.3.